The highest BCUT2D eigenvalue weighted by atomic mass is 79.9. The smallest absolute Gasteiger partial charge is 0.336 e. The molecule has 0 bridgehead atoms. The molecule has 1 saturated heterocycles. The summed E-state index contributed by atoms with van der Waals surface area (Å²) in [5, 5.41) is 8.91. The number of halogens is 2. The van der Waals surface area contributed by atoms with Crippen molar-refractivity contribution in [3.8, 4) is 0 Å². The average Bonchev–Trinajstić information content (AvgIpc) is 2.33. The second-order valence-corrected chi connectivity index (χ2v) is 4.98. The van der Waals surface area contributed by atoms with Gasteiger partial charge in [0, 0.05) is 12.6 Å². The predicted molar refractivity (Wildman–Crippen MR) is 68.7 cm³/mol. The molecule has 1 N–H and O–H groups in total. The molecule has 18 heavy (non-hydrogen) atoms. The van der Waals surface area contributed by atoms with Crippen LogP contribution in [0.1, 0.15) is 17.3 Å². The van der Waals surface area contributed by atoms with Crippen molar-refractivity contribution in [1.29, 1.82) is 0 Å². The number of hydrogen-bond donors (Lipinski definition) is 1. The van der Waals surface area contributed by atoms with E-state index in [0.29, 0.717) is 25.4 Å². The predicted octanol–water partition coefficient (Wildman–Crippen LogP) is 2.51. The standard InChI is InChI=1S/C12H13BrFNO3/c1-7-6-18-5-4-15(7)9-3-2-8(12(16)17)10(13)11(9)14/h2-3,7H,4-6H2,1H3,(H,16,17). The van der Waals surface area contributed by atoms with Gasteiger partial charge in [0.1, 0.15) is 0 Å². The third-order valence-corrected chi connectivity index (χ3v) is 3.74. The molecule has 98 valence electrons. The molecule has 2 rings (SSSR count). The maximum Gasteiger partial charge on any atom is 0.336 e. The minimum Gasteiger partial charge on any atom is -0.478 e. The number of aromatic carboxylic acids is 1. The van der Waals surface area contributed by atoms with Gasteiger partial charge in [0.2, 0.25) is 0 Å². The molecule has 1 unspecified atom stereocenters. The van der Waals surface area contributed by atoms with E-state index in [-0.39, 0.29) is 16.1 Å². The van der Waals surface area contributed by atoms with Gasteiger partial charge in [-0.15, -0.1) is 0 Å². The van der Waals surface area contributed by atoms with E-state index in [1.807, 2.05) is 11.8 Å². The SMILES string of the molecule is CC1COCCN1c1ccc(C(=O)O)c(Br)c1F. The molecular weight excluding hydrogens is 305 g/mol. The third kappa shape index (κ3) is 2.35. The normalized spacial score (nSPS) is 19.9. The zero-order chi connectivity index (χ0) is 13.3. The molecule has 0 amide bonds. The van der Waals surface area contributed by atoms with E-state index in [1.165, 1.54) is 12.1 Å². The van der Waals surface area contributed by atoms with Crippen molar-refractivity contribution < 1.29 is 19.0 Å². The molecule has 1 aromatic rings. The summed E-state index contributed by atoms with van der Waals surface area (Å²) in [7, 11) is 0. The Kier molecular flexibility index (Phi) is 3.87. The molecule has 4 nitrogen and oxygen atoms in total. The van der Waals surface area contributed by atoms with E-state index in [4.69, 9.17) is 9.84 Å². The maximum atomic E-state index is 14.2. The van der Waals surface area contributed by atoms with Crippen molar-refractivity contribution in [2.45, 2.75) is 13.0 Å². The molecule has 1 aliphatic rings. The fourth-order valence-corrected chi connectivity index (χ4v) is 2.52. The van der Waals surface area contributed by atoms with Gasteiger partial charge in [0.25, 0.3) is 0 Å². The van der Waals surface area contributed by atoms with Crippen LogP contribution < -0.4 is 4.90 Å². The lowest BCUT2D eigenvalue weighted by Crippen LogP contribution is -2.44. The Hall–Kier alpha value is -1.14. The Labute approximate surface area is 112 Å². The minimum atomic E-state index is -1.15. The number of morpholine rings is 1. The first-order valence-corrected chi connectivity index (χ1v) is 6.37. The number of rotatable bonds is 2. The van der Waals surface area contributed by atoms with Crippen LogP contribution in [0.25, 0.3) is 0 Å². The van der Waals surface area contributed by atoms with Gasteiger partial charge in [0.15, 0.2) is 5.82 Å². The molecule has 1 aromatic carbocycles. The van der Waals surface area contributed by atoms with Gasteiger partial charge in [-0.2, -0.15) is 0 Å². The van der Waals surface area contributed by atoms with Crippen LogP contribution in [-0.2, 0) is 4.74 Å². The van der Waals surface area contributed by atoms with Crippen LogP contribution >= 0.6 is 15.9 Å². The largest absolute Gasteiger partial charge is 0.478 e. The lowest BCUT2D eigenvalue weighted by Gasteiger charge is -2.35. The summed E-state index contributed by atoms with van der Waals surface area (Å²) >= 11 is 3.00. The maximum absolute atomic E-state index is 14.2. The Balaban J connectivity index is 2.40. The molecule has 1 aliphatic heterocycles. The highest BCUT2D eigenvalue weighted by Crippen LogP contribution is 2.31. The molecular formula is C12H13BrFNO3. The van der Waals surface area contributed by atoms with Crippen molar-refractivity contribution in [2.24, 2.45) is 0 Å². The molecule has 1 atom stereocenters. The number of anilines is 1. The fraction of sp³-hybridized carbons (Fsp3) is 0.417. The topological polar surface area (TPSA) is 49.8 Å². The second kappa shape index (κ2) is 5.24. The van der Waals surface area contributed by atoms with E-state index in [1.54, 1.807) is 0 Å². The Morgan fingerprint density at radius 3 is 2.94 bits per heavy atom. The van der Waals surface area contributed by atoms with E-state index in [9.17, 15) is 9.18 Å². The zero-order valence-corrected chi connectivity index (χ0v) is 11.4. The van der Waals surface area contributed by atoms with Crippen molar-refractivity contribution >= 4 is 27.6 Å². The lowest BCUT2D eigenvalue weighted by molar-refractivity contribution is 0.0695. The monoisotopic (exact) mass is 317 g/mol. The van der Waals surface area contributed by atoms with Crippen LogP contribution in [-0.4, -0.2) is 36.9 Å². The fourth-order valence-electron chi connectivity index (χ4n) is 2.01. The molecule has 0 saturated carbocycles. The van der Waals surface area contributed by atoms with Crippen LogP contribution in [0, 0.1) is 5.82 Å². The van der Waals surface area contributed by atoms with E-state index in [2.05, 4.69) is 15.9 Å². The third-order valence-electron chi connectivity index (χ3n) is 2.97. The number of benzene rings is 1. The lowest BCUT2D eigenvalue weighted by atomic mass is 10.1. The number of carboxylic acids is 1. The Morgan fingerprint density at radius 2 is 2.33 bits per heavy atom. The summed E-state index contributed by atoms with van der Waals surface area (Å²) in [6.45, 7) is 3.62. The quantitative estimate of drug-likeness (QED) is 0.910. The van der Waals surface area contributed by atoms with Crippen LogP contribution in [0.5, 0.6) is 0 Å². The van der Waals surface area contributed by atoms with Crippen LogP contribution in [0.4, 0.5) is 10.1 Å². The minimum absolute atomic E-state index is 0.00816. The average molecular weight is 318 g/mol. The number of ether oxygens (including phenoxy) is 1. The van der Waals surface area contributed by atoms with Gasteiger partial charge in [-0.05, 0) is 35.0 Å². The van der Waals surface area contributed by atoms with E-state index in [0.717, 1.165) is 0 Å². The van der Waals surface area contributed by atoms with Crippen LogP contribution in [0.15, 0.2) is 16.6 Å². The number of carbonyl (C=O) groups is 1. The first-order valence-electron chi connectivity index (χ1n) is 5.58. The second-order valence-electron chi connectivity index (χ2n) is 4.18. The van der Waals surface area contributed by atoms with Gasteiger partial charge in [0.05, 0.1) is 28.9 Å². The summed E-state index contributed by atoms with van der Waals surface area (Å²) in [5.41, 5.74) is 0.333. The van der Waals surface area contributed by atoms with Crippen molar-refractivity contribution in [1.82, 2.24) is 0 Å². The summed E-state index contributed by atoms with van der Waals surface area (Å²) < 4.78 is 19.5. The molecule has 6 heteroatoms. The van der Waals surface area contributed by atoms with Gasteiger partial charge < -0.3 is 14.7 Å². The molecule has 1 fully saturated rings. The summed E-state index contributed by atoms with van der Waals surface area (Å²) in [5.74, 6) is -1.69. The number of carboxylic acid groups (broad SMARTS) is 1. The van der Waals surface area contributed by atoms with Crippen molar-refractivity contribution in [3.05, 3.63) is 28.0 Å². The van der Waals surface area contributed by atoms with Gasteiger partial charge in [-0.3, -0.25) is 0 Å². The number of hydrogen-bond acceptors (Lipinski definition) is 3. The van der Waals surface area contributed by atoms with Crippen LogP contribution in [0.2, 0.25) is 0 Å². The van der Waals surface area contributed by atoms with Crippen molar-refractivity contribution in [3.63, 3.8) is 0 Å². The molecule has 0 aliphatic carbocycles. The van der Waals surface area contributed by atoms with Crippen molar-refractivity contribution in [2.75, 3.05) is 24.7 Å². The molecule has 1 heterocycles. The summed E-state index contributed by atoms with van der Waals surface area (Å²) in [6, 6.07) is 2.98. The number of nitrogens with zero attached hydrogens (tertiary/aromatic N) is 1. The molecule has 0 radical (unpaired) electrons. The Morgan fingerprint density at radius 1 is 1.61 bits per heavy atom. The van der Waals surface area contributed by atoms with E-state index >= 15 is 0 Å². The van der Waals surface area contributed by atoms with Gasteiger partial charge >= 0.3 is 5.97 Å². The van der Waals surface area contributed by atoms with E-state index < -0.39 is 11.8 Å². The summed E-state index contributed by atoms with van der Waals surface area (Å²) in [4.78, 5) is 12.8. The summed E-state index contributed by atoms with van der Waals surface area (Å²) in [6.07, 6.45) is 0. The van der Waals surface area contributed by atoms with Crippen LogP contribution in [0.3, 0.4) is 0 Å². The first kappa shape index (κ1) is 13.3. The Bertz CT molecular complexity index is 481. The zero-order valence-electron chi connectivity index (χ0n) is 9.82. The highest BCUT2D eigenvalue weighted by Gasteiger charge is 2.24. The highest BCUT2D eigenvalue weighted by molar-refractivity contribution is 9.10. The molecule has 0 spiro atoms. The molecule has 0 aromatic heterocycles. The van der Waals surface area contributed by atoms with Gasteiger partial charge in [-0.1, -0.05) is 0 Å². The first-order chi connectivity index (χ1) is 8.52. The van der Waals surface area contributed by atoms with Gasteiger partial charge in [-0.25, -0.2) is 9.18 Å².